The lowest BCUT2D eigenvalue weighted by Crippen LogP contribution is -2.09. The average molecular weight is 239 g/mol. The molecule has 0 aliphatic heterocycles. The fraction of sp³-hybridized carbons (Fsp3) is 0.571. The van der Waals surface area contributed by atoms with Gasteiger partial charge in [-0.25, -0.2) is 4.39 Å². The Bertz CT molecular complexity index is 339. The van der Waals surface area contributed by atoms with Crippen LogP contribution in [-0.4, -0.2) is 6.61 Å². The molecule has 0 spiro atoms. The zero-order valence-corrected chi connectivity index (χ0v) is 10.7. The van der Waals surface area contributed by atoms with Crippen LogP contribution in [0.5, 0.6) is 5.75 Å². The van der Waals surface area contributed by atoms with Crippen LogP contribution in [0.25, 0.3) is 0 Å². The third kappa shape index (κ3) is 4.73. The Hall–Kier alpha value is -1.09. The van der Waals surface area contributed by atoms with E-state index in [1.54, 1.807) is 6.07 Å². The first-order chi connectivity index (χ1) is 8.15. The van der Waals surface area contributed by atoms with Crippen LogP contribution < -0.4 is 10.5 Å². The molecule has 0 saturated carbocycles. The summed E-state index contributed by atoms with van der Waals surface area (Å²) in [5.41, 5.74) is 6.53. The van der Waals surface area contributed by atoms with E-state index in [4.69, 9.17) is 10.5 Å². The van der Waals surface area contributed by atoms with Gasteiger partial charge < -0.3 is 10.5 Å². The molecule has 17 heavy (non-hydrogen) atoms. The number of rotatable bonds is 7. The maximum atomic E-state index is 13.1. The van der Waals surface area contributed by atoms with Gasteiger partial charge in [0, 0.05) is 11.6 Å². The van der Waals surface area contributed by atoms with Gasteiger partial charge in [-0.15, -0.1) is 0 Å². The van der Waals surface area contributed by atoms with E-state index in [0.29, 0.717) is 12.4 Å². The molecule has 0 aliphatic carbocycles. The number of hydrogen-bond acceptors (Lipinski definition) is 2. The largest absolute Gasteiger partial charge is 0.493 e. The molecule has 0 saturated heterocycles. The van der Waals surface area contributed by atoms with Crippen LogP contribution in [0.4, 0.5) is 4.39 Å². The molecular formula is C14H22FNO. The molecule has 0 bridgehead atoms. The zero-order chi connectivity index (χ0) is 12.7. The number of unbranched alkanes of at least 4 members (excludes halogenated alkanes) is 3. The lowest BCUT2D eigenvalue weighted by molar-refractivity contribution is 0.300. The van der Waals surface area contributed by atoms with E-state index in [-0.39, 0.29) is 11.9 Å². The van der Waals surface area contributed by atoms with Gasteiger partial charge in [0.2, 0.25) is 0 Å². The third-order valence-electron chi connectivity index (χ3n) is 2.72. The van der Waals surface area contributed by atoms with Crippen molar-refractivity contribution in [1.82, 2.24) is 0 Å². The summed E-state index contributed by atoms with van der Waals surface area (Å²) in [6.45, 7) is 4.68. The third-order valence-corrected chi connectivity index (χ3v) is 2.72. The molecule has 0 fully saturated rings. The highest BCUT2D eigenvalue weighted by Gasteiger charge is 2.09. The highest BCUT2D eigenvalue weighted by molar-refractivity contribution is 5.36. The first kappa shape index (κ1) is 14.0. The Morgan fingerprint density at radius 2 is 2.06 bits per heavy atom. The lowest BCUT2D eigenvalue weighted by Gasteiger charge is -2.14. The molecule has 0 unspecified atom stereocenters. The molecule has 96 valence electrons. The van der Waals surface area contributed by atoms with Gasteiger partial charge >= 0.3 is 0 Å². The van der Waals surface area contributed by atoms with Gasteiger partial charge in [-0.2, -0.15) is 0 Å². The van der Waals surface area contributed by atoms with Crippen LogP contribution >= 0.6 is 0 Å². The highest BCUT2D eigenvalue weighted by Crippen LogP contribution is 2.24. The summed E-state index contributed by atoms with van der Waals surface area (Å²) in [4.78, 5) is 0. The first-order valence-electron chi connectivity index (χ1n) is 6.33. The lowest BCUT2D eigenvalue weighted by atomic mass is 10.1. The van der Waals surface area contributed by atoms with E-state index in [2.05, 4.69) is 6.92 Å². The van der Waals surface area contributed by atoms with Crippen molar-refractivity contribution in [3.05, 3.63) is 29.6 Å². The molecule has 2 N–H and O–H groups in total. The number of benzene rings is 1. The van der Waals surface area contributed by atoms with Crippen molar-refractivity contribution in [3.8, 4) is 5.75 Å². The topological polar surface area (TPSA) is 35.2 Å². The van der Waals surface area contributed by atoms with Gasteiger partial charge in [0.1, 0.15) is 11.6 Å². The first-order valence-corrected chi connectivity index (χ1v) is 6.33. The second-order valence-electron chi connectivity index (χ2n) is 4.38. The number of nitrogens with two attached hydrogens (primary N) is 1. The predicted molar refractivity (Wildman–Crippen MR) is 68.6 cm³/mol. The Kier molecular flexibility index (Phi) is 5.98. The van der Waals surface area contributed by atoms with Gasteiger partial charge in [-0.05, 0) is 31.5 Å². The monoisotopic (exact) mass is 239 g/mol. The van der Waals surface area contributed by atoms with Crippen LogP contribution in [-0.2, 0) is 0 Å². The van der Waals surface area contributed by atoms with Gasteiger partial charge in [0.05, 0.1) is 6.61 Å². The highest BCUT2D eigenvalue weighted by atomic mass is 19.1. The molecule has 1 atom stereocenters. The van der Waals surface area contributed by atoms with Crippen LogP contribution in [0.1, 0.15) is 51.1 Å². The summed E-state index contributed by atoms with van der Waals surface area (Å²) in [6.07, 6.45) is 4.64. The molecule has 3 heteroatoms. The van der Waals surface area contributed by atoms with Crippen molar-refractivity contribution >= 4 is 0 Å². The molecule has 1 aromatic carbocycles. The molecular weight excluding hydrogens is 217 g/mol. The van der Waals surface area contributed by atoms with Gasteiger partial charge in [-0.1, -0.05) is 26.2 Å². The Morgan fingerprint density at radius 1 is 1.29 bits per heavy atom. The minimum absolute atomic E-state index is 0.212. The van der Waals surface area contributed by atoms with E-state index in [9.17, 15) is 4.39 Å². The molecule has 0 amide bonds. The molecule has 0 heterocycles. The van der Waals surface area contributed by atoms with E-state index in [1.807, 2.05) is 6.92 Å². The van der Waals surface area contributed by atoms with Crippen molar-refractivity contribution in [2.45, 2.75) is 45.6 Å². The summed E-state index contributed by atoms with van der Waals surface area (Å²) in [5.74, 6) is 0.438. The molecule has 1 aromatic rings. The van der Waals surface area contributed by atoms with E-state index >= 15 is 0 Å². The van der Waals surface area contributed by atoms with Crippen LogP contribution in [0.15, 0.2) is 18.2 Å². The molecule has 0 aromatic heterocycles. The van der Waals surface area contributed by atoms with E-state index in [1.165, 1.54) is 31.4 Å². The van der Waals surface area contributed by atoms with Crippen molar-refractivity contribution in [1.29, 1.82) is 0 Å². The summed E-state index contributed by atoms with van der Waals surface area (Å²) in [5, 5.41) is 0. The number of hydrogen-bond donors (Lipinski definition) is 1. The van der Waals surface area contributed by atoms with E-state index in [0.717, 1.165) is 12.0 Å². The van der Waals surface area contributed by atoms with Crippen LogP contribution in [0.3, 0.4) is 0 Å². The fourth-order valence-corrected chi connectivity index (χ4v) is 1.72. The van der Waals surface area contributed by atoms with Crippen molar-refractivity contribution in [2.75, 3.05) is 6.61 Å². The average Bonchev–Trinajstić information content (AvgIpc) is 2.30. The SMILES string of the molecule is CCCCCCOc1ccc(F)cc1[C@H](C)N. The molecule has 0 radical (unpaired) electrons. The fourth-order valence-electron chi connectivity index (χ4n) is 1.72. The maximum absolute atomic E-state index is 13.1. The second kappa shape index (κ2) is 7.28. The quantitative estimate of drug-likeness (QED) is 0.734. The summed E-state index contributed by atoms with van der Waals surface area (Å²) >= 11 is 0. The number of ether oxygens (including phenoxy) is 1. The second-order valence-corrected chi connectivity index (χ2v) is 4.38. The number of halogens is 1. The maximum Gasteiger partial charge on any atom is 0.124 e. The van der Waals surface area contributed by atoms with Crippen molar-refractivity contribution < 1.29 is 9.13 Å². The Morgan fingerprint density at radius 3 is 2.71 bits per heavy atom. The zero-order valence-electron chi connectivity index (χ0n) is 10.7. The summed E-state index contributed by atoms with van der Waals surface area (Å²) in [7, 11) is 0. The van der Waals surface area contributed by atoms with Gasteiger partial charge in [0.25, 0.3) is 0 Å². The van der Waals surface area contributed by atoms with E-state index < -0.39 is 0 Å². The standard InChI is InChI=1S/C14H22FNO/c1-3-4-5-6-9-17-14-8-7-12(15)10-13(14)11(2)16/h7-8,10-11H,3-6,9,16H2,1-2H3/t11-/m0/s1. The summed E-state index contributed by atoms with van der Waals surface area (Å²) in [6, 6.07) is 4.31. The smallest absolute Gasteiger partial charge is 0.124 e. The Balaban J connectivity index is 2.52. The van der Waals surface area contributed by atoms with Gasteiger partial charge in [0.15, 0.2) is 0 Å². The Labute approximate surface area is 103 Å². The predicted octanol–water partition coefficient (Wildman–Crippen LogP) is 3.80. The summed E-state index contributed by atoms with van der Waals surface area (Å²) < 4.78 is 18.7. The molecule has 1 rings (SSSR count). The van der Waals surface area contributed by atoms with Crippen LogP contribution in [0.2, 0.25) is 0 Å². The minimum atomic E-state index is -0.268. The molecule has 0 aliphatic rings. The van der Waals surface area contributed by atoms with Crippen LogP contribution in [0, 0.1) is 5.82 Å². The normalized spacial score (nSPS) is 12.5. The minimum Gasteiger partial charge on any atom is -0.493 e. The molecule has 2 nitrogen and oxygen atoms in total. The van der Waals surface area contributed by atoms with Crippen molar-refractivity contribution in [2.24, 2.45) is 5.73 Å². The van der Waals surface area contributed by atoms with Crippen molar-refractivity contribution in [3.63, 3.8) is 0 Å². The van der Waals surface area contributed by atoms with Gasteiger partial charge in [-0.3, -0.25) is 0 Å².